The number of benzene rings is 1. The fourth-order valence-corrected chi connectivity index (χ4v) is 3.56. The zero-order chi connectivity index (χ0) is 20.5. The van der Waals surface area contributed by atoms with Crippen LogP contribution in [0.15, 0.2) is 18.5 Å². The number of aromatic nitrogens is 2. The monoisotopic (exact) mass is 408 g/mol. The van der Waals surface area contributed by atoms with Gasteiger partial charge in [-0.1, -0.05) is 50.6 Å². The van der Waals surface area contributed by atoms with Crippen LogP contribution in [-0.2, 0) is 24.1 Å². The third kappa shape index (κ3) is 5.64. The number of imidazole rings is 1. The van der Waals surface area contributed by atoms with Crippen molar-refractivity contribution in [1.29, 1.82) is 0 Å². The summed E-state index contributed by atoms with van der Waals surface area (Å²) in [5, 5.41) is 20.0. The Balaban J connectivity index is 2.05. The molecule has 28 heavy (non-hydrogen) atoms. The second-order valence-electron chi connectivity index (χ2n) is 6.88. The van der Waals surface area contributed by atoms with E-state index >= 15 is 0 Å². The molecule has 1 aromatic heterocycles. The van der Waals surface area contributed by atoms with Gasteiger partial charge in [0.1, 0.15) is 22.9 Å². The Labute approximate surface area is 171 Å². The lowest BCUT2D eigenvalue weighted by Gasteiger charge is -2.14. The summed E-state index contributed by atoms with van der Waals surface area (Å²) in [5.41, 5.74) is 0.347. The Morgan fingerprint density at radius 3 is 2.57 bits per heavy atom. The highest BCUT2D eigenvalue weighted by molar-refractivity contribution is 6.33. The van der Waals surface area contributed by atoms with Crippen molar-refractivity contribution in [2.75, 3.05) is 7.11 Å². The summed E-state index contributed by atoms with van der Waals surface area (Å²) >= 11 is 6.20. The Hall–Kier alpha value is -2.21. The highest BCUT2D eigenvalue weighted by Gasteiger charge is 2.23. The highest BCUT2D eigenvalue weighted by atomic mass is 35.5. The van der Waals surface area contributed by atoms with Crippen molar-refractivity contribution < 1.29 is 19.7 Å². The minimum Gasteiger partial charge on any atom is -0.507 e. The average Bonchev–Trinajstić information content (AvgIpc) is 3.13. The molecule has 0 spiro atoms. The minimum atomic E-state index is -0.690. The first-order valence-corrected chi connectivity index (χ1v) is 10.2. The van der Waals surface area contributed by atoms with Gasteiger partial charge >= 0.3 is 5.97 Å². The van der Waals surface area contributed by atoms with Crippen molar-refractivity contribution in [3.05, 3.63) is 40.4 Å². The second kappa shape index (κ2) is 11.0. The van der Waals surface area contributed by atoms with Crippen LogP contribution in [0.4, 0.5) is 0 Å². The third-order valence-electron chi connectivity index (χ3n) is 4.86. The Kier molecular flexibility index (Phi) is 8.64. The second-order valence-corrected chi connectivity index (χ2v) is 7.26. The van der Waals surface area contributed by atoms with Crippen LogP contribution >= 0.6 is 11.6 Å². The summed E-state index contributed by atoms with van der Waals surface area (Å²) in [4.78, 5) is 16.5. The van der Waals surface area contributed by atoms with Gasteiger partial charge in [-0.05, 0) is 18.4 Å². The van der Waals surface area contributed by atoms with Crippen LogP contribution in [-0.4, -0.2) is 32.8 Å². The van der Waals surface area contributed by atoms with Gasteiger partial charge in [-0.2, -0.15) is 0 Å². The maximum absolute atomic E-state index is 12.1. The number of phenols is 2. The maximum Gasteiger partial charge on any atom is 0.341 e. The number of hydrogen-bond donors (Lipinski definition) is 2. The number of rotatable bonds is 11. The first kappa shape index (κ1) is 22.1. The molecular weight excluding hydrogens is 380 g/mol. The molecule has 2 aromatic rings. The Bertz CT molecular complexity index is 789. The van der Waals surface area contributed by atoms with Gasteiger partial charge in [0.05, 0.1) is 12.1 Å². The van der Waals surface area contributed by atoms with Gasteiger partial charge in [0, 0.05) is 31.4 Å². The van der Waals surface area contributed by atoms with Crippen molar-refractivity contribution in [3.63, 3.8) is 0 Å². The molecule has 6 nitrogen and oxygen atoms in total. The highest BCUT2D eigenvalue weighted by Crippen LogP contribution is 2.37. The number of nitrogens with zero attached hydrogens (tertiary/aromatic N) is 2. The summed E-state index contributed by atoms with van der Waals surface area (Å²) in [6.45, 7) is 3.10. The van der Waals surface area contributed by atoms with Crippen LogP contribution in [0, 0.1) is 0 Å². The largest absolute Gasteiger partial charge is 0.507 e. The number of carbonyl (C=O) groups excluding carboxylic acids is 1. The maximum atomic E-state index is 12.1. The SMILES string of the molecule is CCCCCCCCn1ccnc1CCc1c(Cl)c(O)cc(O)c1C(=O)OC. The van der Waals surface area contributed by atoms with Crippen LogP contribution in [0.25, 0.3) is 0 Å². The van der Waals surface area contributed by atoms with Crippen LogP contribution in [0.1, 0.15) is 67.2 Å². The van der Waals surface area contributed by atoms with E-state index < -0.39 is 5.97 Å². The van der Waals surface area contributed by atoms with Crippen LogP contribution in [0.2, 0.25) is 5.02 Å². The van der Waals surface area contributed by atoms with Crippen LogP contribution in [0.3, 0.4) is 0 Å². The van der Waals surface area contributed by atoms with E-state index in [4.69, 9.17) is 16.3 Å². The number of aryl methyl sites for hydroxylation is 2. The van der Waals surface area contributed by atoms with Gasteiger partial charge in [0.15, 0.2) is 0 Å². The predicted molar refractivity (Wildman–Crippen MR) is 109 cm³/mol. The van der Waals surface area contributed by atoms with Gasteiger partial charge in [0.25, 0.3) is 0 Å². The molecule has 0 saturated heterocycles. The van der Waals surface area contributed by atoms with Gasteiger partial charge in [-0.25, -0.2) is 9.78 Å². The zero-order valence-corrected chi connectivity index (χ0v) is 17.3. The molecule has 1 heterocycles. The van der Waals surface area contributed by atoms with Gasteiger partial charge in [0.2, 0.25) is 0 Å². The molecule has 0 unspecified atom stereocenters. The van der Waals surface area contributed by atoms with E-state index in [1.54, 1.807) is 6.20 Å². The number of aromatic hydroxyl groups is 2. The standard InChI is InChI=1S/C21H29ClN2O4/c1-3-4-5-6-7-8-12-24-13-11-23-18(24)10-9-15-19(21(27)28-2)16(25)14-17(26)20(15)22/h11,13-14,25-26H,3-10,12H2,1-2H3. The molecule has 0 aliphatic rings. The van der Waals surface area contributed by atoms with Crippen molar-refractivity contribution in [3.8, 4) is 11.5 Å². The number of carbonyl (C=O) groups is 1. The van der Waals surface area contributed by atoms with E-state index in [1.807, 2.05) is 6.20 Å². The molecule has 0 aliphatic carbocycles. The molecule has 0 amide bonds. The van der Waals surface area contributed by atoms with E-state index in [0.29, 0.717) is 18.4 Å². The summed E-state index contributed by atoms with van der Waals surface area (Å²) in [6, 6.07) is 1.05. The van der Waals surface area contributed by atoms with E-state index in [1.165, 1.54) is 39.2 Å². The number of hydrogen-bond acceptors (Lipinski definition) is 5. The smallest absolute Gasteiger partial charge is 0.341 e. The number of ether oxygens (including phenoxy) is 1. The first-order valence-electron chi connectivity index (χ1n) is 9.81. The van der Waals surface area contributed by atoms with Gasteiger partial charge < -0.3 is 19.5 Å². The van der Waals surface area contributed by atoms with Crippen molar-refractivity contribution >= 4 is 17.6 Å². The molecule has 0 atom stereocenters. The van der Waals surface area contributed by atoms with E-state index in [2.05, 4.69) is 16.5 Å². The molecule has 7 heteroatoms. The van der Waals surface area contributed by atoms with Crippen molar-refractivity contribution in [2.24, 2.45) is 0 Å². The lowest BCUT2D eigenvalue weighted by molar-refractivity contribution is 0.0596. The molecule has 2 rings (SSSR count). The normalized spacial score (nSPS) is 11.0. The van der Waals surface area contributed by atoms with Crippen molar-refractivity contribution in [1.82, 2.24) is 9.55 Å². The summed E-state index contributed by atoms with van der Waals surface area (Å²) < 4.78 is 6.85. The molecule has 1 aromatic carbocycles. The molecular formula is C21H29ClN2O4. The van der Waals surface area contributed by atoms with E-state index in [0.717, 1.165) is 24.9 Å². The van der Waals surface area contributed by atoms with Gasteiger partial charge in [-0.3, -0.25) is 0 Å². The summed E-state index contributed by atoms with van der Waals surface area (Å²) in [6.07, 6.45) is 11.9. The number of halogens is 1. The Morgan fingerprint density at radius 1 is 1.14 bits per heavy atom. The fourth-order valence-electron chi connectivity index (χ4n) is 3.32. The molecule has 0 radical (unpaired) electrons. The number of unbranched alkanes of at least 4 members (excludes halogenated alkanes) is 5. The topological polar surface area (TPSA) is 84.6 Å². The third-order valence-corrected chi connectivity index (χ3v) is 5.29. The zero-order valence-electron chi connectivity index (χ0n) is 16.6. The van der Waals surface area contributed by atoms with E-state index in [-0.39, 0.29) is 22.1 Å². The first-order chi connectivity index (χ1) is 13.5. The lowest BCUT2D eigenvalue weighted by atomic mass is 10.0. The lowest BCUT2D eigenvalue weighted by Crippen LogP contribution is -2.10. The van der Waals surface area contributed by atoms with Crippen LogP contribution in [0.5, 0.6) is 11.5 Å². The predicted octanol–water partition coefficient (Wildman–Crippen LogP) is 4.88. The number of phenolic OH excluding ortho intramolecular Hbond substituents is 2. The molecule has 154 valence electrons. The average molecular weight is 409 g/mol. The fraction of sp³-hybridized carbons (Fsp3) is 0.524. The molecule has 0 fully saturated rings. The van der Waals surface area contributed by atoms with Gasteiger partial charge in [-0.15, -0.1) is 0 Å². The molecule has 2 N–H and O–H groups in total. The molecule has 0 aliphatic heterocycles. The number of methoxy groups -OCH3 is 1. The van der Waals surface area contributed by atoms with Crippen LogP contribution < -0.4 is 0 Å². The quantitative estimate of drug-likeness (QED) is 0.409. The Morgan fingerprint density at radius 2 is 1.86 bits per heavy atom. The van der Waals surface area contributed by atoms with E-state index in [9.17, 15) is 15.0 Å². The molecule has 0 bridgehead atoms. The minimum absolute atomic E-state index is 0.0145. The summed E-state index contributed by atoms with van der Waals surface area (Å²) in [5.74, 6) is -0.426. The molecule has 0 saturated carbocycles. The summed E-state index contributed by atoms with van der Waals surface area (Å²) in [7, 11) is 1.24. The number of esters is 1. The van der Waals surface area contributed by atoms with Crippen molar-refractivity contribution in [2.45, 2.75) is 64.8 Å².